The van der Waals surface area contributed by atoms with Gasteiger partial charge in [0.05, 0.1) is 11.4 Å². The molecule has 1 aliphatic rings. The third kappa shape index (κ3) is 5.54. The second-order valence-corrected chi connectivity index (χ2v) is 17.6. The van der Waals surface area contributed by atoms with Crippen LogP contribution in [-0.2, 0) is 5.41 Å². The monoisotopic (exact) mass is 782 g/mol. The smallest absolute Gasteiger partial charge is 0.160 e. The molecule has 0 fully saturated rings. The molecule has 2 aromatic heterocycles. The number of aromatic nitrogens is 2. The lowest BCUT2D eigenvalue weighted by Crippen LogP contribution is -2.14. The second-order valence-electron chi connectivity index (χ2n) is 16.6. The molecule has 3 heteroatoms. The molecule has 0 aliphatic heterocycles. The van der Waals surface area contributed by atoms with Crippen LogP contribution in [-0.4, -0.2) is 9.97 Å². The van der Waals surface area contributed by atoms with Gasteiger partial charge in [-0.25, -0.2) is 9.97 Å². The molecule has 60 heavy (non-hydrogen) atoms. The number of thiophene rings is 1. The van der Waals surface area contributed by atoms with Crippen molar-refractivity contribution in [1.29, 1.82) is 0 Å². The molecule has 0 radical (unpaired) electrons. The van der Waals surface area contributed by atoms with Crippen LogP contribution >= 0.6 is 11.3 Å². The molecular formula is C57H38N2S. The Hall–Kier alpha value is -7.20. The number of benzene rings is 9. The number of rotatable bonds is 5. The highest BCUT2D eigenvalue weighted by atomic mass is 32.1. The van der Waals surface area contributed by atoms with E-state index in [1.165, 1.54) is 75.1 Å². The first kappa shape index (κ1) is 34.8. The predicted molar refractivity (Wildman–Crippen MR) is 255 cm³/mol. The van der Waals surface area contributed by atoms with E-state index in [1.807, 2.05) is 17.4 Å². The van der Waals surface area contributed by atoms with Gasteiger partial charge in [-0.2, -0.15) is 0 Å². The van der Waals surface area contributed by atoms with E-state index in [0.29, 0.717) is 5.82 Å². The minimum absolute atomic E-state index is 0.116. The average Bonchev–Trinajstić information content (AvgIpc) is 3.79. The van der Waals surface area contributed by atoms with Crippen molar-refractivity contribution in [3.8, 4) is 67.3 Å². The summed E-state index contributed by atoms with van der Waals surface area (Å²) in [4.78, 5) is 10.7. The van der Waals surface area contributed by atoms with Gasteiger partial charge in [-0.3, -0.25) is 0 Å². The quantitative estimate of drug-likeness (QED) is 0.174. The maximum Gasteiger partial charge on any atom is 0.160 e. The SMILES string of the molecule is CC1(C)c2ccc(-c3cc(-c4cc(-c5cccc6ccccc56)cc(-c5cccc6c5sc5ccccc56)c4)nc(-c4ccccc4)n3)cc2-c2cc3ccccc3cc21. The molecule has 0 amide bonds. The molecule has 2 nitrogen and oxygen atoms in total. The molecule has 0 spiro atoms. The number of hydrogen-bond donors (Lipinski definition) is 0. The lowest BCUT2D eigenvalue weighted by Gasteiger charge is -2.22. The third-order valence-corrected chi connectivity index (χ3v) is 13.9. The highest BCUT2D eigenvalue weighted by Gasteiger charge is 2.36. The van der Waals surface area contributed by atoms with Crippen LogP contribution in [0.3, 0.4) is 0 Å². The van der Waals surface area contributed by atoms with Gasteiger partial charge in [-0.1, -0.05) is 159 Å². The van der Waals surface area contributed by atoms with Gasteiger partial charge < -0.3 is 0 Å². The summed E-state index contributed by atoms with van der Waals surface area (Å²) in [5.41, 5.74) is 14.8. The molecule has 12 rings (SSSR count). The summed E-state index contributed by atoms with van der Waals surface area (Å²) in [6, 6.07) is 70.8. The van der Waals surface area contributed by atoms with Gasteiger partial charge in [-0.15, -0.1) is 11.3 Å². The van der Waals surface area contributed by atoms with Gasteiger partial charge in [0.15, 0.2) is 5.82 Å². The molecule has 2 heterocycles. The highest BCUT2D eigenvalue weighted by molar-refractivity contribution is 7.26. The maximum absolute atomic E-state index is 5.39. The Morgan fingerprint density at radius 2 is 0.967 bits per heavy atom. The molecule has 0 saturated heterocycles. The largest absolute Gasteiger partial charge is 0.228 e. The van der Waals surface area contributed by atoms with Crippen LogP contribution in [0.4, 0.5) is 0 Å². The van der Waals surface area contributed by atoms with E-state index < -0.39 is 0 Å². The van der Waals surface area contributed by atoms with Crippen molar-refractivity contribution in [1.82, 2.24) is 9.97 Å². The summed E-state index contributed by atoms with van der Waals surface area (Å²) in [5.74, 6) is 0.707. The van der Waals surface area contributed by atoms with Crippen molar-refractivity contribution >= 4 is 53.1 Å². The molecular weight excluding hydrogens is 745 g/mol. The van der Waals surface area contributed by atoms with Crippen LogP contribution in [0.2, 0.25) is 0 Å². The van der Waals surface area contributed by atoms with Gasteiger partial charge in [0.25, 0.3) is 0 Å². The first-order chi connectivity index (χ1) is 29.5. The average molecular weight is 783 g/mol. The molecule has 0 N–H and O–H groups in total. The van der Waals surface area contributed by atoms with Crippen molar-refractivity contribution in [2.75, 3.05) is 0 Å². The zero-order valence-electron chi connectivity index (χ0n) is 33.3. The highest BCUT2D eigenvalue weighted by Crippen LogP contribution is 2.51. The van der Waals surface area contributed by atoms with Crippen LogP contribution in [0.5, 0.6) is 0 Å². The van der Waals surface area contributed by atoms with Crippen molar-refractivity contribution < 1.29 is 0 Å². The Bertz CT molecular complexity index is 3520. The predicted octanol–water partition coefficient (Wildman–Crippen LogP) is 15.8. The van der Waals surface area contributed by atoms with E-state index in [0.717, 1.165) is 39.2 Å². The number of hydrogen-bond acceptors (Lipinski definition) is 3. The topological polar surface area (TPSA) is 25.8 Å². The van der Waals surface area contributed by atoms with Gasteiger partial charge in [0.2, 0.25) is 0 Å². The minimum atomic E-state index is -0.116. The van der Waals surface area contributed by atoms with Crippen LogP contribution in [0, 0.1) is 0 Å². The standard InChI is InChI=1S/C57H38N2S/c1-57(2)50-27-26-39(32-48(50)49-31-37-17-6-7-18-38(37)33-51(49)57)52-34-53(59-56(58-52)36-15-4-3-5-16-36)42-29-40(44-22-12-19-35-14-8-9-20-43(35)44)28-41(30-42)45-23-13-24-47-46-21-10-11-25-54(46)60-55(45)47/h3-34H,1-2H3. The minimum Gasteiger partial charge on any atom is -0.228 e. The van der Waals surface area contributed by atoms with Crippen LogP contribution < -0.4 is 0 Å². The molecule has 11 aromatic rings. The summed E-state index contributed by atoms with van der Waals surface area (Å²) < 4.78 is 2.59. The van der Waals surface area contributed by atoms with Gasteiger partial charge in [0, 0.05) is 42.3 Å². The van der Waals surface area contributed by atoms with E-state index in [4.69, 9.17) is 9.97 Å². The summed E-state index contributed by atoms with van der Waals surface area (Å²) >= 11 is 1.87. The van der Waals surface area contributed by atoms with Crippen molar-refractivity contribution in [3.63, 3.8) is 0 Å². The zero-order chi connectivity index (χ0) is 40.0. The lowest BCUT2D eigenvalue weighted by atomic mass is 9.81. The Labute approximate surface area is 353 Å². The van der Waals surface area contributed by atoms with Crippen molar-refractivity contribution in [2.45, 2.75) is 19.3 Å². The van der Waals surface area contributed by atoms with E-state index in [9.17, 15) is 0 Å². The fourth-order valence-electron chi connectivity index (χ4n) is 9.59. The van der Waals surface area contributed by atoms with E-state index in [1.54, 1.807) is 0 Å². The summed E-state index contributed by atoms with van der Waals surface area (Å²) in [7, 11) is 0. The summed E-state index contributed by atoms with van der Waals surface area (Å²) in [5, 5.41) is 7.57. The molecule has 1 aliphatic carbocycles. The first-order valence-electron chi connectivity index (χ1n) is 20.6. The van der Waals surface area contributed by atoms with Gasteiger partial charge in [0.1, 0.15) is 0 Å². The molecule has 9 aromatic carbocycles. The van der Waals surface area contributed by atoms with E-state index in [2.05, 4.69) is 202 Å². The number of fused-ring (bicyclic) bond motifs is 8. The van der Waals surface area contributed by atoms with Crippen LogP contribution in [0.1, 0.15) is 25.0 Å². The first-order valence-corrected chi connectivity index (χ1v) is 21.5. The zero-order valence-corrected chi connectivity index (χ0v) is 34.1. The normalized spacial score (nSPS) is 13.0. The molecule has 0 bridgehead atoms. The second kappa shape index (κ2) is 13.4. The summed E-state index contributed by atoms with van der Waals surface area (Å²) in [6.45, 7) is 4.70. The Morgan fingerprint density at radius 3 is 1.80 bits per heavy atom. The van der Waals surface area contributed by atoms with E-state index in [-0.39, 0.29) is 5.41 Å². The third-order valence-electron chi connectivity index (χ3n) is 12.6. The molecule has 0 atom stereocenters. The molecule has 0 unspecified atom stereocenters. The van der Waals surface area contributed by atoms with E-state index >= 15 is 0 Å². The van der Waals surface area contributed by atoms with Crippen molar-refractivity contribution in [2.24, 2.45) is 0 Å². The van der Waals surface area contributed by atoms with Crippen molar-refractivity contribution in [3.05, 3.63) is 205 Å². The maximum atomic E-state index is 5.39. The van der Waals surface area contributed by atoms with Gasteiger partial charge in [-0.05, 0) is 115 Å². The Morgan fingerprint density at radius 1 is 0.367 bits per heavy atom. The fraction of sp³-hybridized carbons (Fsp3) is 0.0526. The fourth-order valence-corrected chi connectivity index (χ4v) is 10.8. The van der Waals surface area contributed by atoms with Crippen LogP contribution in [0.25, 0.3) is 109 Å². The van der Waals surface area contributed by atoms with Gasteiger partial charge >= 0.3 is 0 Å². The molecule has 0 saturated carbocycles. The number of nitrogens with zero attached hydrogens (tertiary/aromatic N) is 2. The summed E-state index contributed by atoms with van der Waals surface area (Å²) in [6.07, 6.45) is 0. The Balaban J connectivity index is 1.09. The van der Waals surface area contributed by atoms with Crippen LogP contribution in [0.15, 0.2) is 194 Å². The lowest BCUT2D eigenvalue weighted by molar-refractivity contribution is 0.661. The molecule has 282 valence electrons. The Kier molecular flexibility index (Phi) is 7.79.